The molecule has 162 valence electrons. The number of hydrogen-bond donors (Lipinski definition) is 1. The summed E-state index contributed by atoms with van der Waals surface area (Å²) < 4.78 is 0. The van der Waals surface area contributed by atoms with E-state index in [-0.39, 0.29) is 23.2 Å². The molecule has 8 atom stereocenters. The molecule has 1 N–H and O–H groups in total. The average molecular weight is 403 g/mol. The first-order valence-corrected chi connectivity index (χ1v) is 11.9. The van der Waals surface area contributed by atoms with Crippen LogP contribution < -0.4 is 0 Å². The van der Waals surface area contributed by atoms with E-state index in [1.807, 2.05) is 0 Å². The number of carbonyl (C=O) groups is 3. The summed E-state index contributed by atoms with van der Waals surface area (Å²) in [6.07, 6.45) is 9.40. The summed E-state index contributed by atoms with van der Waals surface area (Å²) in [6.45, 7) is 7.03. The molecular formula is C25H38O4. The largest absolute Gasteiger partial charge is 0.481 e. The second kappa shape index (κ2) is 7.50. The Hall–Kier alpha value is -1.19. The molecule has 4 heteroatoms. The molecule has 0 aromatic rings. The summed E-state index contributed by atoms with van der Waals surface area (Å²) in [4.78, 5) is 36.7. The Bertz CT molecular complexity index is 699. The molecule has 0 saturated heterocycles. The molecular weight excluding hydrogens is 364 g/mol. The fourth-order valence-electron chi connectivity index (χ4n) is 8.48. The third-order valence-electron chi connectivity index (χ3n) is 10.2. The third kappa shape index (κ3) is 3.39. The van der Waals surface area contributed by atoms with Crippen molar-refractivity contribution in [2.75, 3.05) is 0 Å². The fraction of sp³-hybridized carbons (Fsp3) is 0.880. The lowest BCUT2D eigenvalue weighted by atomic mass is 9.48. The van der Waals surface area contributed by atoms with Crippen molar-refractivity contribution >= 4 is 17.5 Å². The van der Waals surface area contributed by atoms with Crippen molar-refractivity contribution < 1.29 is 19.5 Å². The molecule has 4 aliphatic carbocycles. The zero-order valence-corrected chi connectivity index (χ0v) is 18.4. The monoisotopic (exact) mass is 402 g/mol. The molecule has 29 heavy (non-hydrogen) atoms. The summed E-state index contributed by atoms with van der Waals surface area (Å²) in [5.41, 5.74) is 0.300. The van der Waals surface area contributed by atoms with Crippen LogP contribution in [0.5, 0.6) is 0 Å². The number of fused-ring (bicyclic) bond motifs is 5. The van der Waals surface area contributed by atoms with Gasteiger partial charge in [-0.1, -0.05) is 20.8 Å². The molecule has 4 saturated carbocycles. The van der Waals surface area contributed by atoms with E-state index < -0.39 is 5.97 Å². The first-order valence-electron chi connectivity index (χ1n) is 11.9. The number of aliphatic carboxylic acids is 1. The van der Waals surface area contributed by atoms with Gasteiger partial charge in [-0.15, -0.1) is 0 Å². The van der Waals surface area contributed by atoms with Gasteiger partial charge in [0.05, 0.1) is 0 Å². The number of Topliss-reactive ketones (excluding diaryl/α,β-unsaturated/α-hetero) is 2. The highest BCUT2D eigenvalue weighted by Gasteiger charge is 2.61. The Morgan fingerprint density at radius 2 is 1.76 bits per heavy atom. The Balaban J connectivity index is 1.60. The van der Waals surface area contributed by atoms with E-state index in [9.17, 15) is 14.4 Å². The van der Waals surface area contributed by atoms with Crippen molar-refractivity contribution in [2.24, 2.45) is 46.3 Å². The molecule has 0 aliphatic heterocycles. The Labute approximate surface area is 175 Å². The normalized spacial score (nSPS) is 45.7. The number of hydrogen-bond acceptors (Lipinski definition) is 3. The maximum atomic E-state index is 13.4. The van der Waals surface area contributed by atoms with Gasteiger partial charge >= 0.3 is 5.97 Å². The molecule has 0 heterocycles. The van der Waals surface area contributed by atoms with Gasteiger partial charge in [0.2, 0.25) is 0 Å². The van der Waals surface area contributed by atoms with Crippen LogP contribution in [0.4, 0.5) is 0 Å². The molecule has 4 rings (SSSR count). The smallest absolute Gasteiger partial charge is 0.303 e. The fourth-order valence-corrected chi connectivity index (χ4v) is 8.48. The second-order valence-corrected chi connectivity index (χ2v) is 11.3. The van der Waals surface area contributed by atoms with Crippen LogP contribution in [0.15, 0.2) is 0 Å². The molecule has 0 bridgehead atoms. The highest BCUT2D eigenvalue weighted by atomic mass is 16.4. The minimum atomic E-state index is -0.704. The van der Waals surface area contributed by atoms with Crippen LogP contribution in [0.2, 0.25) is 0 Å². The summed E-state index contributed by atoms with van der Waals surface area (Å²) in [5, 5.41) is 9.11. The minimum absolute atomic E-state index is 0.138. The Morgan fingerprint density at radius 3 is 2.48 bits per heavy atom. The van der Waals surface area contributed by atoms with E-state index in [1.54, 1.807) is 0 Å². The van der Waals surface area contributed by atoms with Crippen molar-refractivity contribution in [3.63, 3.8) is 0 Å². The number of carbonyl (C=O) groups excluding carboxylic acids is 2. The lowest BCUT2D eigenvalue weighted by Crippen LogP contribution is -2.51. The zero-order chi connectivity index (χ0) is 21.0. The van der Waals surface area contributed by atoms with Crippen LogP contribution in [0, 0.1) is 46.3 Å². The van der Waals surface area contributed by atoms with E-state index >= 15 is 0 Å². The van der Waals surface area contributed by atoms with Gasteiger partial charge in [0, 0.05) is 31.6 Å². The lowest BCUT2D eigenvalue weighted by Gasteiger charge is -2.55. The van der Waals surface area contributed by atoms with E-state index in [1.165, 1.54) is 0 Å². The van der Waals surface area contributed by atoms with Gasteiger partial charge in [-0.2, -0.15) is 0 Å². The van der Waals surface area contributed by atoms with Crippen molar-refractivity contribution in [1.82, 2.24) is 0 Å². The topological polar surface area (TPSA) is 71.4 Å². The van der Waals surface area contributed by atoms with Crippen molar-refractivity contribution in [3.8, 4) is 0 Å². The van der Waals surface area contributed by atoms with Gasteiger partial charge in [0.15, 0.2) is 0 Å². The Morgan fingerprint density at radius 1 is 1.03 bits per heavy atom. The van der Waals surface area contributed by atoms with E-state index in [0.717, 1.165) is 44.9 Å². The van der Waals surface area contributed by atoms with Crippen molar-refractivity contribution in [2.45, 2.75) is 91.4 Å². The molecule has 8 unspecified atom stereocenters. The molecule has 4 aliphatic rings. The summed E-state index contributed by atoms with van der Waals surface area (Å²) in [5.74, 6) is 2.51. The molecule has 4 fully saturated rings. The zero-order valence-electron chi connectivity index (χ0n) is 18.4. The van der Waals surface area contributed by atoms with Crippen LogP contribution >= 0.6 is 0 Å². The second-order valence-electron chi connectivity index (χ2n) is 11.3. The van der Waals surface area contributed by atoms with Gasteiger partial charge in [-0.3, -0.25) is 14.4 Å². The standard InChI is InChI=1S/C25H38O4/c1-15(4-9-22(28)29)18-6-7-19-23-20(11-13-25(18,19)3)24(2)12-10-17(26)14-16(24)5-8-21(23)27/h15-16,18-20,23H,4-14H2,1-3H3,(H,28,29). The summed E-state index contributed by atoms with van der Waals surface area (Å²) >= 11 is 0. The van der Waals surface area contributed by atoms with Gasteiger partial charge in [0.25, 0.3) is 0 Å². The molecule has 4 nitrogen and oxygen atoms in total. The van der Waals surface area contributed by atoms with Crippen molar-refractivity contribution in [3.05, 3.63) is 0 Å². The summed E-state index contributed by atoms with van der Waals surface area (Å²) in [7, 11) is 0. The first kappa shape index (κ1) is 21.1. The van der Waals surface area contributed by atoms with Gasteiger partial charge < -0.3 is 5.11 Å². The maximum Gasteiger partial charge on any atom is 0.303 e. The molecule has 0 aromatic carbocycles. The Kier molecular flexibility index (Phi) is 5.44. The number of carboxylic acids is 1. The minimum Gasteiger partial charge on any atom is -0.481 e. The predicted molar refractivity (Wildman–Crippen MR) is 111 cm³/mol. The van der Waals surface area contributed by atoms with E-state index in [4.69, 9.17) is 5.11 Å². The SMILES string of the molecule is CC(CCC(=O)O)C1CCC2C3C(=O)CCC4CC(=O)CCC4(C)C3CCC12C. The summed E-state index contributed by atoms with van der Waals surface area (Å²) in [6, 6.07) is 0. The van der Waals surface area contributed by atoms with E-state index in [0.29, 0.717) is 60.4 Å². The van der Waals surface area contributed by atoms with Gasteiger partial charge in [0.1, 0.15) is 11.6 Å². The molecule has 0 amide bonds. The molecule has 0 radical (unpaired) electrons. The highest BCUT2D eigenvalue weighted by molar-refractivity contribution is 5.84. The van der Waals surface area contributed by atoms with Crippen LogP contribution in [0.1, 0.15) is 91.4 Å². The number of ketones is 2. The molecule has 0 aromatic heterocycles. The van der Waals surface area contributed by atoms with Crippen molar-refractivity contribution in [1.29, 1.82) is 0 Å². The van der Waals surface area contributed by atoms with Crippen LogP contribution in [-0.2, 0) is 14.4 Å². The lowest BCUT2D eigenvalue weighted by molar-refractivity contribution is -0.139. The van der Waals surface area contributed by atoms with Gasteiger partial charge in [-0.25, -0.2) is 0 Å². The van der Waals surface area contributed by atoms with Crippen LogP contribution in [-0.4, -0.2) is 22.6 Å². The highest BCUT2D eigenvalue weighted by Crippen LogP contribution is 2.66. The maximum absolute atomic E-state index is 13.4. The van der Waals surface area contributed by atoms with Gasteiger partial charge in [-0.05, 0) is 85.4 Å². The first-order chi connectivity index (χ1) is 13.7. The third-order valence-corrected chi connectivity index (χ3v) is 10.2. The van der Waals surface area contributed by atoms with E-state index in [2.05, 4.69) is 20.8 Å². The van der Waals surface area contributed by atoms with Crippen LogP contribution in [0.25, 0.3) is 0 Å². The molecule has 0 spiro atoms. The predicted octanol–water partition coefficient (Wildman–Crippen LogP) is 5.28. The number of rotatable bonds is 4. The quantitative estimate of drug-likeness (QED) is 0.694. The average Bonchev–Trinajstić information content (AvgIpc) is 2.97. The number of carboxylic acid groups (broad SMARTS) is 1. The van der Waals surface area contributed by atoms with Crippen LogP contribution in [0.3, 0.4) is 0 Å².